The molecule has 0 rings (SSSR count). The molecule has 4 heteroatoms. The standard InChI is InChI=1S/C11H24O3Si/c1-7-8(11(2,3)4)9(12)10(13)14-15(5)6/h8,12-13,15H,7H2,1-6H3. The molecule has 0 aliphatic carbocycles. The van der Waals surface area contributed by atoms with Crippen LogP contribution < -0.4 is 0 Å². The van der Waals surface area contributed by atoms with Gasteiger partial charge in [-0.3, -0.25) is 0 Å². The van der Waals surface area contributed by atoms with Gasteiger partial charge < -0.3 is 14.6 Å². The van der Waals surface area contributed by atoms with Crippen molar-refractivity contribution in [3.8, 4) is 0 Å². The quantitative estimate of drug-likeness (QED) is 0.577. The van der Waals surface area contributed by atoms with Crippen LogP contribution in [0.3, 0.4) is 0 Å². The molecule has 0 aromatic carbocycles. The Labute approximate surface area is 94.5 Å². The third-order valence-electron chi connectivity index (χ3n) is 2.35. The van der Waals surface area contributed by atoms with Gasteiger partial charge in [0.25, 0.3) is 0 Å². The first-order valence-corrected chi connectivity index (χ1v) is 8.27. The summed E-state index contributed by atoms with van der Waals surface area (Å²) in [5.41, 5.74) is -0.0747. The molecule has 0 aromatic rings. The second kappa shape index (κ2) is 5.44. The SMILES string of the molecule is CCC(C(O)=C(O)O[SiH](C)C)C(C)(C)C. The fourth-order valence-electron chi connectivity index (χ4n) is 1.65. The van der Waals surface area contributed by atoms with Crippen molar-refractivity contribution in [1.82, 2.24) is 0 Å². The zero-order valence-corrected chi connectivity index (χ0v) is 11.8. The lowest BCUT2D eigenvalue weighted by Crippen LogP contribution is -2.24. The number of allylic oxidation sites excluding steroid dienone is 1. The maximum Gasteiger partial charge on any atom is 0.302 e. The van der Waals surface area contributed by atoms with E-state index in [0.29, 0.717) is 0 Å². The van der Waals surface area contributed by atoms with Crippen LogP contribution in [0.15, 0.2) is 11.7 Å². The van der Waals surface area contributed by atoms with E-state index in [1.54, 1.807) is 0 Å². The lowest BCUT2D eigenvalue weighted by molar-refractivity contribution is 0.124. The van der Waals surface area contributed by atoms with Crippen LogP contribution in [-0.4, -0.2) is 19.3 Å². The first-order valence-electron chi connectivity index (χ1n) is 5.48. The molecule has 0 fully saturated rings. The van der Waals surface area contributed by atoms with Crippen molar-refractivity contribution in [2.45, 2.75) is 47.2 Å². The first kappa shape index (κ1) is 14.4. The van der Waals surface area contributed by atoms with Crippen molar-refractivity contribution in [3.63, 3.8) is 0 Å². The largest absolute Gasteiger partial charge is 0.520 e. The highest BCUT2D eigenvalue weighted by Crippen LogP contribution is 2.34. The first-order chi connectivity index (χ1) is 6.70. The van der Waals surface area contributed by atoms with Gasteiger partial charge in [-0.1, -0.05) is 27.7 Å². The molecule has 0 spiro atoms. The van der Waals surface area contributed by atoms with Crippen LogP contribution in [-0.2, 0) is 4.43 Å². The molecule has 1 unspecified atom stereocenters. The minimum Gasteiger partial charge on any atom is -0.520 e. The van der Waals surface area contributed by atoms with Gasteiger partial charge >= 0.3 is 5.95 Å². The summed E-state index contributed by atoms with van der Waals surface area (Å²) in [6.45, 7) is 12.0. The van der Waals surface area contributed by atoms with Crippen molar-refractivity contribution in [2.75, 3.05) is 0 Å². The van der Waals surface area contributed by atoms with Crippen molar-refractivity contribution in [3.05, 3.63) is 11.7 Å². The van der Waals surface area contributed by atoms with Gasteiger partial charge in [-0.2, -0.15) is 0 Å². The molecule has 0 saturated carbocycles. The molecule has 0 aliphatic heterocycles. The van der Waals surface area contributed by atoms with Crippen molar-refractivity contribution in [2.24, 2.45) is 11.3 Å². The van der Waals surface area contributed by atoms with E-state index in [0.717, 1.165) is 6.42 Å². The van der Waals surface area contributed by atoms with Gasteiger partial charge in [-0.25, -0.2) is 0 Å². The number of rotatable bonds is 4. The smallest absolute Gasteiger partial charge is 0.302 e. The molecule has 90 valence electrons. The van der Waals surface area contributed by atoms with E-state index in [1.807, 2.05) is 40.8 Å². The van der Waals surface area contributed by atoms with Gasteiger partial charge in [0.2, 0.25) is 9.04 Å². The summed E-state index contributed by atoms with van der Waals surface area (Å²) >= 11 is 0. The predicted molar refractivity (Wildman–Crippen MR) is 65.5 cm³/mol. The minimum absolute atomic E-state index is 0.00815. The van der Waals surface area contributed by atoms with E-state index in [4.69, 9.17) is 4.43 Å². The molecule has 15 heavy (non-hydrogen) atoms. The van der Waals surface area contributed by atoms with E-state index < -0.39 is 9.04 Å². The van der Waals surface area contributed by atoms with Crippen LogP contribution in [0.4, 0.5) is 0 Å². The number of hydrogen-bond donors (Lipinski definition) is 2. The monoisotopic (exact) mass is 232 g/mol. The average molecular weight is 232 g/mol. The summed E-state index contributed by atoms with van der Waals surface area (Å²) < 4.78 is 5.21. The molecule has 0 amide bonds. The summed E-state index contributed by atoms with van der Waals surface area (Å²) in [6.07, 6.45) is 0.780. The molecule has 0 heterocycles. The highest BCUT2D eigenvalue weighted by atomic mass is 28.3. The lowest BCUT2D eigenvalue weighted by Gasteiger charge is -2.29. The molecule has 3 nitrogen and oxygen atoms in total. The Morgan fingerprint density at radius 2 is 1.73 bits per heavy atom. The molecule has 1 atom stereocenters. The Kier molecular flexibility index (Phi) is 5.21. The third-order valence-corrected chi connectivity index (χ3v) is 3.04. The lowest BCUT2D eigenvalue weighted by atomic mass is 9.78. The highest BCUT2D eigenvalue weighted by molar-refractivity contribution is 6.48. The highest BCUT2D eigenvalue weighted by Gasteiger charge is 2.29. The number of aliphatic hydroxyl groups is 2. The van der Waals surface area contributed by atoms with E-state index in [1.165, 1.54) is 0 Å². The summed E-state index contributed by atoms with van der Waals surface area (Å²) in [7, 11) is -1.36. The van der Waals surface area contributed by atoms with Crippen LogP contribution in [0.1, 0.15) is 34.1 Å². The molecular weight excluding hydrogens is 208 g/mol. The number of hydrogen-bond acceptors (Lipinski definition) is 3. The second-order valence-corrected chi connectivity index (χ2v) is 7.52. The van der Waals surface area contributed by atoms with E-state index in [-0.39, 0.29) is 23.0 Å². The molecule has 0 aliphatic rings. The Morgan fingerprint density at radius 3 is 2.00 bits per heavy atom. The maximum atomic E-state index is 9.89. The summed E-state index contributed by atoms with van der Waals surface area (Å²) in [4.78, 5) is 0. The van der Waals surface area contributed by atoms with Crippen LogP contribution in [0.25, 0.3) is 0 Å². The normalized spacial score (nSPS) is 16.2. The van der Waals surface area contributed by atoms with Crippen LogP contribution >= 0.6 is 0 Å². The molecule has 0 radical (unpaired) electrons. The summed E-state index contributed by atoms with van der Waals surface area (Å²) in [5, 5.41) is 19.5. The zero-order valence-electron chi connectivity index (χ0n) is 10.7. The predicted octanol–water partition coefficient (Wildman–Crippen LogP) is 3.34. The van der Waals surface area contributed by atoms with E-state index >= 15 is 0 Å². The van der Waals surface area contributed by atoms with Crippen molar-refractivity contribution >= 4 is 9.04 Å². The molecule has 0 aromatic heterocycles. The fraction of sp³-hybridized carbons (Fsp3) is 0.818. The average Bonchev–Trinajstić information content (AvgIpc) is 2.01. The Hall–Kier alpha value is -0.643. The molecule has 2 N–H and O–H groups in total. The van der Waals surface area contributed by atoms with Crippen molar-refractivity contribution < 1.29 is 14.6 Å². The van der Waals surface area contributed by atoms with Crippen molar-refractivity contribution in [1.29, 1.82) is 0 Å². The summed E-state index contributed by atoms with van der Waals surface area (Å²) in [6, 6.07) is 0. The molecule has 0 bridgehead atoms. The zero-order chi connectivity index (χ0) is 12.2. The van der Waals surface area contributed by atoms with Gasteiger partial charge in [0.05, 0.1) is 0 Å². The van der Waals surface area contributed by atoms with E-state index in [9.17, 15) is 10.2 Å². The minimum atomic E-state index is -1.36. The molecular formula is C11H24O3Si. The Morgan fingerprint density at radius 1 is 1.27 bits per heavy atom. The van der Waals surface area contributed by atoms with Gasteiger partial charge in [0.15, 0.2) is 5.76 Å². The number of aliphatic hydroxyl groups excluding tert-OH is 2. The Balaban J connectivity index is 4.84. The molecule has 0 saturated heterocycles. The maximum absolute atomic E-state index is 9.89. The summed E-state index contributed by atoms with van der Waals surface area (Å²) in [5.74, 6) is -0.352. The van der Waals surface area contributed by atoms with E-state index in [2.05, 4.69) is 0 Å². The van der Waals surface area contributed by atoms with Crippen LogP contribution in [0.2, 0.25) is 13.1 Å². The van der Waals surface area contributed by atoms with Gasteiger partial charge in [-0.15, -0.1) is 0 Å². The van der Waals surface area contributed by atoms with Gasteiger partial charge in [-0.05, 0) is 24.9 Å². The Bertz CT molecular complexity index is 228. The third kappa shape index (κ3) is 4.60. The van der Waals surface area contributed by atoms with Gasteiger partial charge in [0, 0.05) is 5.92 Å². The topological polar surface area (TPSA) is 49.7 Å². The van der Waals surface area contributed by atoms with Crippen LogP contribution in [0.5, 0.6) is 0 Å². The fourth-order valence-corrected chi connectivity index (χ4v) is 2.22. The van der Waals surface area contributed by atoms with Crippen LogP contribution in [0, 0.1) is 11.3 Å². The van der Waals surface area contributed by atoms with Gasteiger partial charge in [0.1, 0.15) is 0 Å². The second-order valence-electron chi connectivity index (χ2n) is 5.18.